The summed E-state index contributed by atoms with van der Waals surface area (Å²) in [7, 11) is 1.57. The number of nitrogens with zero attached hydrogens (tertiary/aromatic N) is 2. The highest BCUT2D eigenvalue weighted by Gasteiger charge is 2.33. The van der Waals surface area contributed by atoms with Crippen molar-refractivity contribution in [3.8, 4) is 5.75 Å². The standard InChI is InChI=1S/C23H22N2O5S/c1-5-29-22(27)19-14(3)24-23-25(20(19)15-7-6-8-16(11-15)28-4)21(26)18(31-23)12-17-10-9-13(2)30-17/h6-12,20H,5H2,1-4H3. The van der Waals surface area contributed by atoms with Gasteiger partial charge in [-0.3, -0.25) is 9.36 Å². The number of benzene rings is 1. The van der Waals surface area contributed by atoms with Crippen molar-refractivity contribution in [2.24, 2.45) is 4.99 Å². The monoisotopic (exact) mass is 438 g/mol. The van der Waals surface area contributed by atoms with Crippen LogP contribution in [-0.2, 0) is 9.53 Å². The van der Waals surface area contributed by atoms with Gasteiger partial charge in [0.25, 0.3) is 5.56 Å². The maximum Gasteiger partial charge on any atom is 0.338 e. The zero-order valence-corrected chi connectivity index (χ0v) is 18.5. The average molecular weight is 439 g/mol. The van der Waals surface area contributed by atoms with Crippen LogP contribution in [-0.4, -0.2) is 24.3 Å². The number of fused-ring (bicyclic) bond motifs is 1. The number of carbonyl (C=O) groups is 1. The van der Waals surface area contributed by atoms with Crippen LogP contribution < -0.4 is 19.6 Å². The number of furan rings is 1. The quantitative estimate of drug-likeness (QED) is 0.572. The summed E-state index contributed by atoms with van der Waals surface area (Å²) in [6.45, 7) is 5.57. The normalized spacial score (nSPS) is 16.1. The summed E-state index contributed by atoms with van der Waals surface area (Å²) in [4.78, 5) is 31.4. The van der Waals surface area contributed by atoms with Gasteiger partial charge in [0.15, 0.2) is 4.80 Å². The number of aryl methyl sites for hydroxylation is 1. The van der Waals surface area contributed by atoms with Crippen molar-refractivity contribution in [3.05, 3.63) is 84.4 Å². The van der Waals surface area contributed by atoms with Gasteiger partial charge in [0.1, 0.15) is 17.3 Å². The van der Waals surface area contributed by atoms with E-state index in [1.54, 1.807) is 31.6 Å². The minimum atomic E-state index is -0.675. The number of hydrogen-bond acceptors (Lipinski definition) is 7. The van der Waals surface area contributed by atoms with Crippen LogP contribution in [0.3, 0.4) is 0 Å². The van der Waals surface area contributed by atoms with Crippen molar-refractivity contribution < 1.29 is 18.7 Å². The Morgan fingerprint density at radius 1 is 1.29 bits per heavy atom. The van der Waals surface area contributed by atoms with E-state index in [1.165, 1.54) is 11.3 Å². The maximum absolute atomic E-state index is 13.4. The van der Waals surface area contributed by atoms with E-state index in [2.05, 4.69) is 4.99 Å². The molecular formula is C23H22N2O5S. The van der Waals surface area contributed by atoms with E-state index in [0.29, 0.717) is 32.1 Å². The van der Waals surface area contributed by atoms with Gasteiger partial charge in [-0.1, -0.05) is 23.5 Å². The van der Waals surface area contributed by atoms with E-state index in [4.69, 9.17) is 13.9 Å². The molecule has 0 N–H and O–H groups in total. The first-order chi connectivity index (χ1) is 14.9. The maximum atomic E-state index is 13.4. The van der Waals surface area contributed by atoms with E-state index < -0.39 is 12.0 Å². The number of allylic oxidation sites excluding steroid dienone is 1. The number of ether oxygens (including phenoxy) is 2. The topological polar surface area (TPSA) is 83.0 Å². The molecule has 0 aliphatic carbocycles. The van der Waals surface area contributed by atoms with Crippen molar-refractivity contribution in [2.45, 2.75) is 26.8 Å². The number of aromatic nitrogens is 1. The second-order valence-electron chi connectivity index (χ2n) is 7.03. The number of methoxy groups -OCH3 is 1. The SMILES string of the molecule is CCOC(=O)C1=C(C)N=c2sc(=Cc3ccc(C)o3)c(=O)n2C1c1cccc(OC)c1. The van der Waals surface area contributed by atoms with Crippen molar-refractivity contribution in [1.82, 2.24) is 4.57 Å². The van der Waals surface area contributed by atoms with E-state index in [9.17, 15) is 9.59 Å². The van der Waals surface area contributed by atoms with Gasteiger partial charge >= 0.3 is 5.97 Å². The van der Waals surface area contributed by atoms with Gasteiger partial charge in [-0.2, -0.15) is 0 Å². The van der Waals surface area contributed by atoms with Crippen LogP contribution in [0.2, 0.25) is 0 Å². The molecule has 2 aromatic heterocycles. The Hall–Kier alpha value is -3.39. The third kappa shape index (κ3) is 3.86. The second kappa shape index (κ2) is 8.39. The van der Waals surface area contributed by atoms with Crippen LogP contribution in [0.25, 0.3) is 6.08 Å². The van der Waals surface area contributed by atoms with E-state index >= 15 is 0 Å². The van der Waals surface area contributed by atoms with E-state index in [1.807, 2.05) is 43.3 Å². The number of thiazole rings is 1. The summed E-state index contributed by atoms with van der Waals surface area (Å²) < 4.78 is 18.3. The molecule has 0 bridgehead atoms. The molecule has 7 nitrogen and oxygen atoms in total. The molecule has 4 rings (SSSR count). The van der Waals surface area contributed by atoms with Gasteiger partial charge < -0.3 is 13.9 Å². The highest BCUT2D eigenvalue weighted by molar-refractivity contribution is 7.07. The van der Waals surface area contributed by atoms with Crippen LogP contribution in [0.4, 0.5) is 0 Å². The first kappa shape index (κ1) is 20.9. The lowest BCUT2D eigenvalue weighted by molar-refractivity contribution is -0.139. The predicted molar refractivity (Wildman–Crippen MR) is 117 cm³/mol. The average Bonchev–Trinajstić information content (AvgIpc) is 3.30. The number of carbonyl (C=O) groups excluding carboxylic acids is 1. The van der Waals surface area contributed by atoms with Crippen molar-refractivity contribution in [3.63, 3.8) is 0 Å². The molecule has 160 valence electrons. The Labute approximate surface area is 182 Å². The Bertz CT molecular complexity index is 1360. The Morgan fingerprint density at radius 2 is 2.10 bits per heavy atom. The zero-order valence-electron chi connectivity index (χ0n) is 17.7. The summed E-state index contributed by atoms with van der Waals surface area (Å²) in [5, 5.41) is 0. The number of esters is 1. The minimum absolute atomic E-state index is 0.225. The third-order valence-corrected chi connectivity index (χ3v) is 5.94. The smallest absolute Gasteiger partial charge is 0.338 e. The third-order valence-electron chi connectivity index (χ3n) is 4.96. The zero-order chi connectivity index (χ0) is 22.1. The summed E-state index contributed by atoms with van der Waals surface area (Å²) in [5.41, 5.74) is 1.34. The summed E-state index contributed by atoms with van der Waals surface area (Å²) in [5.74, 6) is 1.48. The Balaban J connectivity index is 1.97. The highest BCUT2D eigenvalue weighted by Crippen LogP contribution is 2.32. The first-order valence-corrected chi connectivity index (χ1v) is 10.6. The Morgan fingerprint density at radius 3 is 2.77 bits per heavy atom. The molecule has 31 heavy (non-hydrogen) atoms. The van der Waals surface area contributed by atoms with Crippen LogP contribution in [0.1, 0.15) is 37.0 Å². The van der Waals surface area contributed by atoms with Gasteiger partial charge in [0, 0.05) is 6.08 Å². The lowest BCUT2D eigenvalue weighted by Gasteiger charge is -2.24. The predicted octanol–water partition coefficient (Wildman–Crippen LogP) is 2.71. The van der Waals surface area contributed by atoms with Crippen LogP contribution in [0.5, 0.6) is 5.75 Å². The van der Waals surface area contributed by atoms with Gasteiger partial charge in [0.2, 0.25) is 0 Å². The minimum Gasteiger partial charge on any atom is -0.497 e. The van der Waals surface area contributed by atoms with Crippen molar-refractivity contribution >= 4 is 23.4 Å². The lowest BCUT2D eigenvalue weighted by atomic mass is 9.95. The summed E-state index contributed by atoms with van der Waals surface area (Å²) in [6, 6.07) is 10.3. The van der Waals surface area contributed by atoms with Crippen molar-refractivity contribution in [1.29, 1.82) is 0 Å². The molecule has 0 spiro atoms. The highest BCUT2D eigenvalue weighted by atomic mass is 32.1. The largest absolute Gasteiger partial charge is 0.497 e. The molecule has 1 aliphatic heterocycles. The molecule has 1 atom stereocenters. The van der Waals surface area contributed by atoms with Gasteiger partial charge in [-0.25, -0.2) is 9.79 Å². The van der Waals surface area contributed by atoms with E-state index in [0.717, 1.165) is 11.3 Å². The molecule has 0 fully saturated rings. The molecule has 1 aliphatic rings. The van der Waals surface area contributed by atoms with Gasteiger partial charge in [0.05, 0.1) is 35.6 Å². The van der Waals surface area contributed by atoms with Crippen LogP contribution in [0, 0.1) is 6.92 Å². The van der Waals surface area contributed by atoms with Gasteiger partial charge in [-0.15, -0.1) is 0 Å². The molecule has 3 aromatic rings. The Kier molecular flexibility index (Phi) is 5.65. The lowest BCUT2D eigenvalue weighted by Crippen LogP contribution is -2.39. The molecule has 0 amide bonds. The van der Waals surface area contributed by atoms with Crippen LogP contribution >= 0.6 is 11.3 Å². The van der Waals surface area contributed by atoms with E-state index in [-0.39, 0.29) is 12.2 Å². The second-order valence-corrected chi connectivity index (χ2v) is 8.04. The fourth-order valence-electron chi connectivity index (χ4n) is 3.58. The molecule has 3 heterocycles. The van der Waals surface area contributed by atoms with Crippen molar-refractivity contribution in [2.75, 3.05) is 13.7 Å². The number of rotatable bonds is 5. The molecular weight excluding hydrogens is 416 g/mol. The molecule has 8 heteroatoms. The van der Waals surface area contributed by atoms with Crippen LogP contribution in [0.15, 0.2) is 61.9 Å². The molecule has 0 saturated carbocycles. The molecule has 1 aromatic carbocycles. The summed E-state index contributed by atoms with van der Waals surface area (Å²) in [6.07, 6.45) is 1.70. The fraction of sp³-hybridized carbons (Fsp3) is 0.261. The number of hydrogen-bond donors (Lipinski definition) is 0. The molecule has 1 unspecified atom stereocenters. The fourth-order valence-corrected chi connectivity index (χ4v) is 4.61. The van der Waals surface area contributed by atoms with Gasteiger partial charge in [-0.05, 0) is 50.6 Å². The first-order valence-electron chi connectivity index (χ1n) is 9.83. The molecule has 0 saturated heterocycles. The summed E-state index contributed by atoms with van der Waals surface area (Å²) >= 11 is 1.26. The molecule has 0 radical (unpaired) electrons.